The maximum Gasteiger partial charge on any atom is 0.264 e. The summed E-state index contributed by atoms with van der Waals surface area (Å²) >= 11 is 5.28. The van der Waals surface area contributed by atoms with Crippen molar-refractivity contribution in [3.8, 4) is 0 Å². The SMILES string of the molecule is CC(=O)NS(=O)(=O)c1ccc(NC(=S)NC(=O)C(c2ccccc2)c2ccccc2)cc1. The zero-order valence-corrected chi connectivity index (χ0v) is 18.7. The van der Waals surface area contributed by atoms with E-state index >= 15 is 0 Å². The molecule has 0 spiro atoms. The Labute approximate surface area is 191 Å². The highest BCUT2D eigenvalue weighted by Crippen LogP contribution is 2.24. The van der Waals surface area contributed by atoms with E-state index in [2.05, 4.69) is 10.6 Å². The van der Waals surface area contributed by atoms with Gasteiger partial charge in [0.2, 0.25) is 11.8 Å². The van der Waals surface area contributed by atoms with Crippen LogP contribution in [0.1, 0.15) is 24.0 Å². The van der Waals surface area contributed by atoms with Gasteiger partial charge >= 0.3 is 0 Å². The minimum absolute atomic E-state index is 0.0681. The maximum atomic E-state index is 13.1. The lowest BCUT2D eigenvalue weighted by atomic mass is 9.90. The van der Waals surface area contributed by atoms with Crippen molar-refractivity contribution < 1.29 is 18.0 Å². The second-order valence-corrected chi connectivity index (χ2v) is 8.97. The van der Waals surface area contributed by atoms with Gasteiger partial charge in [0.1, 0.15) is 0 Å². The Kier molecular flexibility index (Phi) is 7.34. The zero-order chi connectivity index (χ0) is 23.1. The van der Waals surface area contributed by atoms with Crippen molar-refractivity contribution in [2.24, 2.45) is 0 Å². The smallest absolute Gasteiger partial charge is 0.264 e. The van der Waals surface area contributed by atoms with Crippen molar-refractivity contribution in [2.75, 3.05) is 5.32 Å². The van der Waals surface area contributed by atoms with Gasteiger partial charge in [-0.3, -0.25) is 9.59 Å². The number of thiocarbonyl (C=S) groups is 1. The summed E-state index contributed by atoms with van der Waals surface area (Å²) in [4.78, 5) is 24.1. The summed E-state index contributed by atoms with van der Waals surface area (Å²) in [5, 5.41) is 5.64. The number of rotatable bonds is 6. The Morgan fingerprint density at radius 3 is 1.78 bits per heavy atom. The predicted molar refractivity (Wildman–Crippen MR) is 127 cm³/mol. The van der Waals surface area contributed by atoms with Gasteiger partial charge < -0.3 is 10.6 Å². The molecule has 0 fully saturated rings. The van der Waals surface area contributed by atoms with Gasteiger partial charge in [0.05, 0.1) is 10.8 Å². The molecule has 0 radical (unpaired) electrons. The summed E-state index contributed by atoms with van der Waals surface area (Å²) in [6, 6.07) is 24.4. The largest absolute Gasteiger partial charge is 0.332 e. The van der Waals surface area contributed by atoms with E-state index in [-0.39, 0.29) is 15.9 Å². The van der Waals surface area contributed by atoms with Crippen molar-refractivity contribution in [1.29, 1.82) is 0 Å². The molecule has 0 unspecified atom stereocenters. The van der Waals surface area contributed by atoms with Crippen LogP contribution in [-0.4, -0.2) is 25.3 Å². The van der Waals surface area contributed by atoms with Crippen LogP contribution in [0.5, 0.6) is 0 Å². The van der Waals surface area contributed by atoms with E-state index in [1.54, 1.807) is 0 Å². The lowest BCUT2D eigenvalue weighted by molar-refractivity contribution is -0.120. The van der Waals surface area contributed by atoms with Gasteiger partial charge in [-0.25, -0.2) is 13.1 Å². The third-order valence-corrected chi connectivity index (χ3v) is 6.12. The van der Waals surface area contributed by atoms with Crippen LogP contribution >= 0.6 is 12.2 Å². The van der Waals surface area contributed by atoms with Gasteiger partial charge in [0.15, 0.2) is 5.11 Å². The molecule has 3 aromatic rings. The third kappa shape index (κ3) is 5.99. The van der Waals surface area contributed by atoms with Gasteiger partial charge in [-0.2, -0.15) is 0 Å². The fourth-order valence-corrected chi connectivity index (χ4v) is 4.31. The lowest BCUT2D eigenvalue weighted by Crippen LogP contribution is -2.37. The van der Waals surface area contributed by atoms with Crippen LogP contribution in [0.3, 0.4) is 0 Å². The molecule has 0 bridgehead atoms. The van der Waals surface area contributed by atoms with Crippen LogP contribution in [0.15, 0.2) is 89.8 Å². The fourth-order valence-electron chi connectivity index (χ4n) is 3.10. The van der Waals surface area contributed by atoms with E-state index in [0.29, 0.717) is 5.69 Å². The molecule has 0 saturated carbocycles. The number of carbonyl (C=O) groups is 2. The van der Waals surface area contributed by atoms with E-state index in [4.69, 9.17) is 12.2 Å². The first kappa shape index (κ1) is 23.1. The molecule has 0 saturated heterocycles. The van der Waals surface area contributed by atoms with Gasteiger partial charge in [-0.15, -0.1) is 0 Å². The third-order valence-electron chi connectivity index (χ3n) is 4.47. The maximum absolute atomic E-state index is 13.1. The zero-order valence-electron chi connectivity index (χ0n) is 17.1. The van der Waals surface area contributed by atoms with Crippen molar-refractivity contribution >= 4 is 44.9 Å². The molecule has 9 heteroatoms. The minimum Gasteiger partial charge on any atom is -0.332 e. The Morgan fingerprint density at radius 2 is 1.31 bits per heavy atom. The summed E-state index contributed by atoms with van der Waals surface area (Å²) in [5.74, 6) is -1.53. The van der Waals surface area contributed by atoms with Gasteiger partial charge in [0, 0.05) is 12.6 Å². The summed E-state index contributed by atoms with van der Waals surface area (Å²) in [5.41, 5.74) is 2.13. The van der Waals surface area contributed by atoms with E-state index in [0.717, 1.165) is 18.1 Å². The topological polar surface area (TPSA) is 104 Å². The molecule has 0 aliphatic rings. The van der Waals surface area contributed by atoms with Gasteiger partial charge in [-0.1, -0.05) is 60.7 Å². The molecule has 7 nitrogen and oxygen atoms in total. The molecule has 32 heavy (non-hydrogen) atoms. The highest BCUT2D eigenvalue weighted by Gasteiger charge is 2.23. The molecule has 0 aliphatic carbocycles. The molecular formula is C23H21N3O4S2. The Hall–Kier alpha value is -3.56. The standard InChI is InChI=1S/C23H21N3O4S2/c1-16(27)26-32(29,30)20-14-12-19(13-15-20)24-23(31)25-22(28)21(17-8-4-2-5-9-17)18-10-6-3-7-11-18/h2-15,21H,1H3,(H,26,27)(H2,24,25,28,31). The molecule has 3 rings (SSSR count). The molecular weight excluding hydrogens is 446 g/mol. The van der Waals surface area contributed by atoms with Crippen molar-refractivity contribution in [1.82, 2.24) is 10.0 Å². The Balaban J connectivity index is 1.72. The van der Waals surface area contributed by atoms with Crippen molar-refractivity contribution in [2.45, 2.75) is 17.7 Å². The van der Waals surface area contributed by atoms with E-state index in [1.165, 1.54) is 24.3 Å². The summed E-state index contributed by atoms with van der Waals surface area (Å²) in [7, 11) is -3.93. The molecule has 164 valence electrons. The molecule has 0 atom stereocenters. The molecule has 2 amide bonds. The van der Waals surface area contributed by atoms with E-state index in [9.17, 15) is 18.0 Å². The molecule has 3 aromatic carbocycles. The van der Waals surface area contributed by atoms with E-state index in [1.807, 2.05) is 65.4 Å². The molecule has 3 N–H and O–H groups in total. The number of nitrogens with one attached hydrogen (secondary N) is 3. The average molecular weight is 468 g/mol. The second-order valence-electron chi connectivity index (χ2n) is 6.88. The number of hydrogen-bond donors (Lipinski definition) is 3. The van der Waals surface area contributed by atoms with Crippen molar-refractivity contribution in [3.05, 3.63) is 96.1 Å². The number of anilines is 1. The highest BCUT2D eigenvalue weighted by molar-refractivity contribution is 7.90. The summed E-state index contributed by atoms with van der Waals surface area (Å²) in [6.07, 6.45) is 0. The second kappa shape index (κ2) is 10.2. The average Bonchev–Trinajstić information content (AvgIpc) is 2.75. The highest BCUT2D eigenvalue weighted by atomic mass is 32.2. The van der Waals surface area contributed by atoms with Gasteiger partial charge in [0.25, 0.3) is 10.0 Å². The number of sulfonamides is 1. The lowest BCUT2D eigenvalue weighted by Gasteiger charge is -2.18. The number of carbonyl (C=O) groups excluding carboxylic acids is 2. The first-order valence-corrected chi connectivity index (χ1v) is 11.5. The van der Waals surface area contributed by atoms with Gasteiger partial charge in [-0.05, 0) is 47.6 Å². The van der Waals surface area contributed by atoms with Crippen LogP contribution in [0, 0.1) is 0 Å². The van der Waals surface area contributed by atoms with E-state index < -0.39 is 21.8 Å². The predicted octanol–water partition coefficient (Wildman–Crippen LogP) is 3.16. The number of hydrogen-bond acceptors (Lipinski definition) is 5. The monoisotopic (exact) mass is 467 g/mol. The van der Waals surface area contributed by atoms with Crippen molar-refractivity contribution in [3.63, 3.8) is 0 Å². The number of benzene rings is 3. The summed E-state index contributed by atoms with van der Waals surface area (Å²) in [6.45, 7) is 1.12. The fraction of sp³-hybridized carbons (Fsp3) is 0.0870. The Bertz CT molecular complexity index is 1170. The molecule has 0 aromatic heterocycles. The molecule has 0 aliphatic heterocycles. The van der Waals surface area contributed by atoms with Crippen LogP contribution in [0.25, 0.3) is 0 Å². The normalized spacial score (nSPS) is 10.9. The Morgan fingerprint density at radius 1 is 0.812 bits per heavy atom. The first-order chi connectivity index (χ1) is 15.3. The van der Waals surface area contributed by atoms with Crippen LogP contribution in [-0.2, 0) is 19.6 Å². The first-order valence-electron chi connectivity index (χ1n) is 9.61. The van der Waals surface area contributed by atoms with Crippen LogP contribution < -0.4 is 15.4 Å². The quantitative estimate of drug-likeness (QED) is 0.481. The number of amides is 2. The summed E-state index contributed by atoms with van der Waals surface area (Å²) < 4.78 is 26.0. The van der Waals surface area contributed by atoms with Crippen LogP contribution in [0.4, 0.5) is 5.69 Å². The minimum atomic E-state index is -3.93. The molecule has 0 heterocycles. The van der Waals surface area contributed by atoms with Crippen LogP contribution in [0.2, 0.25) is 0 Å².